The van der Waals surface area contributed by atoms with Crippen molar-refractivity contribution in [2.75, 3.05) is 0 Å². The van der Waals surface area contributed by atoms with E-state index in [1.54, 1.807) is 6.20 Å². The van der Waals surface area contributed by atoms with E-state index in [2.05, 4.69) is 24.1 Å². The van der Waals surface area contributed by atoms with Crippen LogP contribution in [0.2, 0.25) is 0 Å². The van der Waals surface area contributed by atoms with E-state index in [4.69, 9.17) is 4.74 Å². The second-order valence-electron chi connectivity index (χ2n) is 14.0. The zero-order valence-corrected chi connectivity index (χ0v) is 24.8. The molecule has 1 aromatic carbocycles. The SMILES string of the molecule is C[C@]12CCC(=O)C[C@@H]1CC[C@@H]1[C@@H]2CC[C@]2(C)[C@H](OC(=O)CCC(=O)N[C@H](Cc3c[nH]c4ccccc34)C(=O)O)CC[C@@H]12. The van der Waals surface area contributed by atoms with Crippen LogP contribution >= 0.6 is 0 Å². The van der Waals surface area contributed by atoms with Crippen molar-refractivity contribution in [3.63, 3.8) is 0 Å². The molecule has 2 aromatic rings. The molecule has 1 amide bonds. The molecule has 8 heteroatoms. The van der Waals surface area contributed by atoms with Crippen molar-refractivity contribution in [2.45, 2.75) is 103 Å². The van der Waals surface area contributed by atoms with E-state index in [1.165, 1.54) is 6.42 Å². The van der Waals surface area contributed by atoms with Crippen LogP contribution in [0.1, 0.15) is 90.0 Å². The summed E-state index contributed by atoms with van der Waals surface area (Å²) in [5, 5.41) is 13.3. The van der Waals surface area contributed by atoms with Gasteiger partial charge in [0, 0.05) is 48.2 Å². The van der Waals surface area contributed by atoms with Crippen LogP contribution in [-0.2, 0) is 30.3 Å². The summed E-state index contributed by atoms with van der Waals surface area (Å²) in [6, 6.07) is 6.55. The Morgan fingerprint density at radius 3 is 2.62 bits per heavy atom. The van der Waals surface area contributed by atoms with Gasteiger partial charge in [0.1, 0.15) is 17.9 Å². The van der Waals surface area contributed by atoms with Gasteiger partial charge in [-0.25, -0.2) is 4.79 Å². The van der Waals surface area contributed by atoms with Crippen LogP contribution in [0.4, 0.5) is 0 Å². The van der Waals surface area contributed by atoms with E-state index >= 15 is 0 Å². The third-order valence-electron chi connectivity index (χ3n) is 12.0. The van der Waals surface area contributed by atoms with E-state index in [9.17, 15) is 24.3 Å². The van der Waals surface area contributed by atoms with Gasteiger partial charge in [0.2, 0.25) is 5.91 Å². The monoisotopic (exact) mass is 576 g/mol. The number of Topliss-reactive ketones (excluding diaryl/α,β-unsaturated/α-hetero) is 1. The summed E-state index contributed by atoms with van der Waals surface area (Å²) in [4.78, 5) is 52.9. The first-order chi connectivity index (χ1) is 20.1. The van der Waals surface area contributed by atoms with E-state index < -0.39 is 17.9 Å². The van der Waals surface area contributed by atoms with Gasteiger partial charge >= 0.3 is 11.9 Å². The maximum Gasteiger partial charge on any atom is 0.326 e. The summed E-state index contributed by atoms with van der Waals surface area (Å²) >= 11 is 0. The normalized spacial score (nSPS) is 34.6. The molecule has 0 bridgehead atoms. The van der Waals surface area contributed by atoms with Gasteiger partial charge in [0.05, 0.1) is 6.42 Å². The van der Waals surface area contributed by atoms with Gasteiger partial charge in [-0.05, 0) is 85.7 Å². The van der Waals surface area contributed by atoms with Crippen LogP contribution in [0, 0.1) is 34.5 Å². The Bertz CT molecular complexity index is 1380. The Hall–Kier alpha value is -3.16. The van der Waals surface area contributed by atoms with Crippen LogP contribution in [0.3, 0.4) is 0 Å². The lowest BCUT2D eigenvalue weighted by molar-refractivity contribution is -0.164. The zero-order chi connectivity index (χ0) is 29.6. The molecule has 3 N–H and O–H groups in total. The van der Waals surface area contributed by atoms with Crippen LogP contribution in [0.5, 0.6) is 0 Å². The van der Waals surface area contributed by atoms with E-state index in [0.29, 0.717) is 29.5 Å². The Morgan fingerprint density at radius 2 is 1.81 bits per heavy atom. The Labute approximate surface area is 247 Å². The smallest absolute Gasteiger partial charge is 0.326 e. The number of ether oxygens (including phenoxy) is 1. The molecule has 4 aliphatic rings. The molecule has 0 aliphatic heterocycles. The van der Waals surface area contributed by atoms with Crippen LogP contribution in [-0.4, -0.2) is 45.9 Å². The van der Waals surface area contributed by atoms with Crippen LogP contribution in [0.15, 0.2) is 30.5 Å². The molecule has 0 radical (unpaired) electrons. The third kappa shape index (κ3) is 5.15. The van der Waals surface area contributed by atoms with Crippen molar-refractivity contribution in [3.8, 4) is 0 Å². The van der Waals surface area contributed by atoms with Gasteiger partial charge in [-0.1, -0.05) is 32.0 Å². The second kappa shape index (κ2) is 11.2. The third-order valence-corrected chi connectivity index (χ3v) is 12.0. The van der Waals surface area contributed by atoms with Gasteiger partial charge in [-0.3, -0.25) is 14.4 Å². The maximum absolute atomic E-state index is 12.9. The lowest BCUT2D eigenvalue weighted by Crippen LogP contribution is -2.54. The number of amides is 1. The summed E-state index contributed by atoms with van der Waals surface area (Å²) in [6.07, 6.45) is 10.5. The molecule has 6 rings (SSSR count). The molecular formula is C34H44N2O6. The number of fused-ring (bicyclic) bond motifs is 6. The number of carbonyl (C=O) groups excluding carboxylic acids is 3. The average Bonchev–Trinajstić information content (AvgIpc) is 3.52. The van der Waals surface area contributed by atoms with Crippen LogP contribution in [0.25, 0.3) is 10.9 Å². The molecule has 0 saturated heterocycles. The summed E-state index contributed by atoms with van der Waals surface area (Å²) in [6.45, 7) is 4.74. The van der Waals surface area contributed by atoms with E-state index in [0.717, 1.165) is 67.8 Å². The number of carboxylic acid groups (broad SMARTS) is 1. The zero-order valence-electron chi connectivity index (χ0n) is 24.8. The number of carboxylic acids is 1. The number of para-hydroxylation sites is 1. The highest BCUT2D eigenvalue weighted by Gasteiger charge is 2.61. The number of hydrogen-bond acceptors (Lipinski definition) is 5. The highest BCUT2D eigenvalue weighted by molar-refractivity contribution is 5.88. The number of aromatic amines is 1. The molecular weight excluding hydrogens is 532 g/mol. The van der Waals surface area contributed by atoms with Gasteiger partial charge in [-0.2, -0.15) is 0 Å². The summed E-state index contributed by atoms with van der Waals surface area (Å²) in [5.74, 6) is 0.785. The number of rotatable bonds is 8. The van der Waals surface area contributed by atoms with Crippen LogP contribution < -0.4 is 5.32 Å². The Kier molecular flexibility index (Phi) is 7.69. The summed E-state index contributed by atoms with van der Waals surface area (Å²) in [5.41, 5.74) is 1.92. The predicted molar refractivity (Wildman–Crippen MR) is 157 cm³/mol. The van der Waals surface area contributed by atoms with Crippen molar-refractivity contribution in [2.24, 2.45) is 34.5 Å². The second-order valence-corrected chi connectivity index (χ2v) is 14.0. The van der Waals surface area contributed by atoms with Gasteiger partial charge in [0.25, 0.3) is 0 Å². The Balaban J connectivity index is 1.02. The number of carbonyl (C=O) groups is 4. The van der Waals surface area contributed by atoms with Crippen molar-refractivity contribution in [1.29, 1.82) is 0 Å². The number of esters is 1. The minimum Gasteiger partial charge on any atom is -0.480 e. The van der Waals surface area contributed by atoms with Gasteiger partial charge in [-0.15, -0.1) is 0 Å². The number of nitrogens with one attached hydrogen (secondary N) is 2. The number of aliphatic carboxylic acids is 1. The first-order valence-electron chi connectivity index (χ1n) is 15.9. The molecule has 1 heterocycles. The highest BCUT2D eigenvalue weighted by Crippen LogP contribution is 2.66. The number of hydrogen-bond donors (Lipinski definition) is 3. The molecule has 4 aliphatic carbocycles. The molecule has 1 aromatic heterocycles. The molecule has 4 saturated carbocycles. The average molecular weight is 577 g/mol. The first-order valence-corrected chi connectivity index (χ1v) is 15.9. The first kappa shape index (κ1) is 28.9. The van der Waals surface area contributed by atoms with Gasteiger partial charge in [0.15, 0.2) is 0 Å². The summed E-state index contributed by atoms with van der Waals surface area (Å²) in [7, 11) is 0. The van der Waals surface area contributed by atoms with Crippen molar-refractivity contribution >= 4 is 34.5 Å². The highest BCUT2D eigenvalue weighted by atomic mass is 16.5. The molecule has 42 heavy (non-hydrogen) atoms. The number of ketones is 1. The van der Waals surface area contributed by atoms with Gasteiger partial charge < -0.3 is 20.1 Å². The van der Waals surface area contributed by atoms with Crippen molar-refractivity contribution < 1.29 is 29.0 Å². The number of aromatic nitrogens is 1. The minimum atomic E-state index is -1.11. The fourth-order valence-corrected chi connectivity index (χ4v) is 9.61. The molecule has 8 nitrogen and oxygen atoms in total. The molecule has 8 atom stereocenters. The lowest BCUT2D eigenvalue weighted by atomic mass is 9.45. The molecule has 226 valence electrons. The standard InChI is InChI=1S/C34H44N2O6/c1-33-15-13-22(37)18-21(33)7-8-24-25-9-10-29(34(25,2)16-14-26(24)33)42-31(39)12-11-30(38)36-28(32(40)41)17-20-19-35-27-6-4-3-5-23(20)27/h3-6,19,21,24-26,28-29,35H,7-18H2,1-2H3,(H,36,38)(H,40,41)/t21-,24-,25-,26-,28+,29+,33-,34-/m0/s1. The largest absolute Gasteiger partial charge is 0.480 e. The fourth-order valence-electron chi connectivity index (χ4n) is 9.61. The Morgan fingerprint density at radius 1 is 1.02 bits per heavy atom. The van der Waals surface area contributed by atoms with E-state index in [-0.39, 0.29) is 42.2 Å². The molecule has 0 unspecified atom stereocenters. The minimum absolute atomic E-state index is 0.0551. The maximum atomic E-state index is 12.9. The predicted octanol–water partition coefficient (Wildman–Crippen LogP) is 5.58. The van der Waals surface area contributed by atoms with E-state index in [1.807, 2.05) is 24.3 Å². The number of benzene rings is 1. The quantitative estimate of drug-likeness (QED) is 0.352. The van der Waals surface area contributed by atoms with Crippen molar-refractivity contribution in [1.82, 2.24) is 10.3 Å². The lowest BCUT2D eigenvalue weighted by Gasteiger charge is -2.60. The molecule has 0 spiro atoms. The van der Waals surface area contributed by atoms with Crippen molar-refractivity contribution in [3.05, 3.63) is 36.0 Å². The number of H-pyrrole nitrogens is 1. The molecule has 4 fully saturated rings. The topological polar surface area (TPSA) is 126 Å². The summed E-state index contributed by atoms with van der Waals surface area (Å²) < 4.78 is 6.06. The fraction of sp³-hybridized carbons (Fsp3) is 0.647.